The largest absolute Gasteiger partial charge is 0.289 e. The minimum atomic E-state index is -3.48. The van der Waals surface area contributed by atoms with Gasteiger partial charge in [-0.2, -0.15) is 4.31 Å². The maximum atomic E-state index is 12.9. The topological polar surface area (TPSA) is 78.0 Å². The van der Waals surface area contributed by atoms with E-state index in [0.29, 0.717) is 36.1 Å². The Hall–Kier alpha value is -2.07. The number of aryl methyl sites for hydroxylation is 1. The zero-order valence-corrected chi connectivity index (χ0v) is 17.1. The number of hydrogen-bond acceptors (Lipinski definition) is 6. The van der Waals surface area contributed by atoms with Gasteiger partial charge in [-0.25, -0.2) is 13.3 Å². The summed E-state index contributed by atoms with van der Waals surface area (Å²) >= 11 is 1.20. The number of hydrogen-bond donors (Lipinski definition) is 0. The highest BCUT2D eigenvalue weighted by Gasteiger charge is 2.44. The molecular weight excluding hydrogens is 398 g/mol. The third-order valence-corrected chi connectivity index (χ3v) is 8.49. The SMILES string of the molecule is Cc1ccc(N2C(=O)CC(N3CCN(S(=O)(=O)c4cccs4)CC3)C2=O)cc1. The van der Waals surface area contributed by atoms with Crippen LogP contribution in [0.25, 0.3) is 0 Å². The fourth-order valence-corrected chi connectivity index (χ4v) is 6.23. The minimum absolute atomic E-state index is 0.129. The number of carbonyl (C=O) groups is 2. The number of anilines is 1. The van der Waals surface area contributed by atoms with Crippen LogP contribution >= 0.6 is 11.3 Å². The van der Waals surface area contributed by atoms with Gasteiger partial charge in [0.15, 0.2) is 0 Å². The summed E-state index contributed by atoms with van der Waals surface area (Å²) in [6, 6.07) is 10.1. The Bertz CT molecular complexity index is 979. The van der Waals surface area contributed by atoms with Gasteiger partial charge in [0.05, 0.1) is 18.2 Å². The summed E-state index contributed by atoms with van der Waals surface area (Å²) in [6.45, 7) is 3.42. The fourth-order valence-electron chi connectivity index (χ4n) is 3.66. The summed E-state index contributed by atoms with van der Waals surface area (Å²) < 4.78 is 27.1. The minimum Gasteiger partial charge on any atom is -0.289 e. The van der Waals surface area contributed by atoms with E-state index in [9.17, 15) is 18.0 Å². The van der Waals surface area contributed by atoms with Crippen molar-refractivity contribution < 1.29 is 18.0 Å². The van der Waals surface area contributed by atoms with Crippen LogP contribution in [0.15, 0.2) is 46.0 Å². The van der Waals surface area contributed by atoms with Crippen LogP contribution in [-0.4, -0.2) is 61.7 Å². The van der Waals surface area contributed by atoms with E-state index >= 15 is 0 Å². The van der Waals surface area contributed by atoms with Crippen LogP contribution < -0.4 is 4.90 Å². The van der Waals surface area contributed by atoms with E-state index in [-0.39, 0.29) is 18.2 Å². The van der Waals surface area contributed by atoms with E-state index in [2.05, 4.69) is 0 Å². The van der Waals surface area contributed by atoms with Crippen molar-refractivity contribution in [3.05, 3.63) is 47.3 Å². The lowest BCUT2D eigenvalue weighted by molar-refractivity contribution is -0.123. The van der Waals surface area contributed by atoms with Gasteiger partial charge in [0.1, 0.15) is 4.21 Å². The van der Waals surface area contributed by atoms with Crippen molar-refractivity contribution in [1.82, 2.24) is 9.21 Å². The fraction of sp³-hybridized carbons (Fsp3) is 0.368. The summed E-state index contributed by atoms with van der Waals surface area (Å²) in [7, 11) is -3.48. The predicted octanol–water partition coefficient (Wildman–Crippen LogP) is 1.69. The van der Waals surface area contributed by atoms with Crippen molar-refractivity contribution in [2.24, 2.45) is 0 Å². The van der Waals surface area contributed by atoms with Gasteiger partial charge in [-0.15, -0.1) is 11.3 Å². The molecule has 9 heteroatoms. The lowest BCUT2D eigenvalue weighted by Crippen LogP contribution is -2.53. The van der Waals surface area contributed by atoms with Crippen LogP contribution in [0.5, 0.6) is 0 Å². The lowest BCUT2D eigenvalue weighted by atomic mass is 10.2. The maximum absolute atomic E-state index is 12.9. The van der Waals surface area contributed by atoms with Gasteiger partial charge in [-0.3, -0.25) is 14.5 Å². The Morgan fingerprint density at radius 2 is 1.68 bits per heavy atom. The van der Waals surface area contributed by atoms with Crippen molar-refractivity contribution in [2.75, 3.05) is 31.1 Å². The number of thiophene rings is 1. The van der Waals surface area contributed by atoms with Gasteiger partial charge in [-0.1, -0.05) is 23.8 Å². The molecule has 2 aliphatic heterocycles. The molecule has 0 N–H and O–H groups in total. The molecule has 4 rings (SSSR count). The van der Waals surface area contributed by atoms with Crippen molar-refractivity contribution in [2.45, 2.75) is 23.6 Å². The van der Waals surface area contributed by atoms with E-state index in [0.717, 1.165) is 5.56 Å². The molecule has 3 heterocycles. The van der Waals surface area contributed by atoms with Gasteiger partial charge in [0.25, 0.3) is 15.9 Å². The first-order valence-corrected chi connectivity index (χ1v) is 11.4. The van der Waals surface area contributed by atoms with Gasteiger partial charge in [0, 0.05) is 26.2 Å². The molecule has 7 nitrogen and oxygen atoms in total. The molecule has 0 spiro atoms. The number of benzene rings is 1. The second kappa shape index (κ2) is 7.40. The Kier molecular flexibility index (Phi) is 5.09. The van der Waals surface area contributed by atoms with Crippen LogP contribution in [0, 0.1) is 6.92 Å². The molecule has 2 aromatic rings. The highest BCUT2D eigenvalue weighted by atomic mass is 32.2. The first kappa shape index (κ1) is 19.3. The molecule has 0 aliphatic carbocycles. The number of imide groups is 1. The molecular formula is C19H21N3O4S2. The normalized spacial score (nSPS) is 22.2. The van der Waals surface area contributed by atoms with E-state index < -0.39 is 16.1 Å². The molecule has 148 valence electrons. The molecule has 0 saturated carbocycles. The Morgan fingerprint density at radius 1 is 1.00 bits per heavy atom. The molecule has 0 bridgehead atoms. The van der Waals surface area contributed by atoms with Crippen LogP contribution in [0.1, 0.15) is 12.0 Å². The van der Waals surface area contributed by atoms with Gasteiger partial charge < -0.3 is 0 Å². The summed E-state index contributed by atoms with van der Waals surface area (Å²) in [6.07, 6.45) is 0.129. The Labute approximate surface area is 168 Å². The second-order valence-electron chi connectivity index (χ2n) is 6.99. The third kappa shape index (κ3) is 3.39. The number of sulfonamides is 1. The number of rotatable bonds is 4. The van der Waals surface area contributed by atoms with E-state index in [1.54, 1.807) is 29.6 Å². The lowest BCUT2D eigenvalue weighted by Gasteiger charge is -2.36. The smallest absolute Gasteiger partial charge is 0.252 e. The number of nitrogens with zero attached hydrogens (tertiary/aromatic N) is 3. The molecule has 2 aliphatic rings. The average molecular weight is 420 g/mol. The monoisotopic (exact) mass is 419 g/mol. The molecule has 2 fully saturated rings. The molecule has 2 amide bonds. The Morgan fingerprint density at radius 3 is 2.29 bits per heavy atom. The van der Waals surface area contributed by atoms with Crippen molar-refractivity contribution >= 4 is 38.9 Å². The summed E-state index contributed by atoms with van der Waals surface area (Å²) in [5, 5.41) is 1.74. The van der Waals surface area contributed by atoms with Crippen LogP contribution in [0.2, 0.25) is 0 Å². The predicted molar refractivity (Wildman–Crippen MR) is 107 cm³/mol. The number of piperazine rings is 1. The number of amides is 2. The number of carbonyl (C=O) groups excluding carboxylic acids is 2. The average Bonchev–Trinajstić information content (AvgIpc) is 3.32. The third-order valence-electron chi connectivity index (χ3n) is 5.22. The quantitative estimate of drug-likeness (QED) is 0.705. The second-order valence-corrected chi connectivity index (χ2v) is 10.1. The molecule has 28 heavy (non-hydrogen) atoms. The van der Waals surface area contributed by atoms with Crippen molar-refractivity contribution in [3.63, 3.8) is 0 Å². The van der Waals surface area contributed by atoms with Crippen LogP contribution in [0.4, 0.5) is 5.69 Å². The molecule has 0 radical (unpaired) electrons. The van der Waals surface area contributed by atoms with E-state index in [1.165, 1.54) is 20.5 Å². The maximum Gasteiger partial charge on any atom is 0.252 e. The van der Waals surface area contributed by atoms with Gasteiger partial charge in [0.2, 0.25) is 5.91 Å². The summed E-state index contributed by atoms with van der Waals surface area (Å²) in [5.41, 5.74) is 1.64. The van der Waals surface area contributed by atoms with Gasteiger partial charge >= 0.3 is 0 Å². The summed E-state index contributed by atoms with van der Waals surface area (Å²) in [5.74, 6) is -0.448. The first-order valence-electron chi connectivity index (χ1n) is 9.09. The highest BCUT2D eigenvalue weighted by molar-refractivity contribution is 7.91. The van der Waals surface area contributed by atoms with Crippen LogP contribution in [0.3, 0.4) is 0 Å². The zero-order valence-electron chi connectivity index (χ0n) is 15.4. The van der Waals surface area contributed by atoms with Gasteiger partial charge in [-0.05, 0) is 30.5 Å². The molecule has 1 atom stereocenters. The molecule has 1 aromatic heterocycles. The van der Waals surface area contributed by atoms with Crippen molar-refractivity contribution in [1.29, 1.82) is 0 Å². The highest BCUT2D eigenvalue weighted by Crippen LogP contribution is 2.28. The summed E-state index contributed by atoms with van der Waals surface area (Å²) in [4.78, 5) is 28.5. The first-order chi connectivity index (χ1) is 13.4. The molecule has 1 unspecified atom stereocenters. The Balaban J connectivity index is 1.45. The molecule has 2 saturated heterocycles. The standard InChI is InChI=1S/C19H21N3O4S2/c1-14-4-6-15(7-5-14)22-17(23)13-16(19(22)24)20-8-10-21(11-9-20)28(25,26)18-3-2-12-27-18/h2-7,12,16H,8-11,13H2,1H3. The van der Waals surface area contributed by atoms with Crippen molar-refractivity contribution in [3.8, 4) is 0 Å². The van der Waals surface area contributed by atoms with Crippen LogP contribution in [-0.2, 0) is 19.6 Å². The van der Waals surface area contributed by atoms with E-state index in [4.69, 9.17) is 0 Å². The van der Waals surface area contributed by atoms with E-state index in [1.807, 2.05) is 24.0 Å². The molecule has 1 aromatic carbocycles. The zero-order chi connectivity index (χ0) is 19.9.